The van der Waals surface area contributed by atoms with E-state index in [9.17, 15) is 4.79 Å². The Morgan fingerprint density at radius 3 is 2.67 bits per heavy atom. The summed E-state index contributed by atoms with van der Waals surface area (Å²) in [4.78, 5) is 10.9. The fourth-order valence-corrected chi connectivity index (χ4v) is 1.28. The normalized spacial score (nSPS) is 9.73. The van der Waals surface area contributed by atoms with Gasteiger partial charge in [-0.25, -0.2) is 0 Å². The molecule has 0 aromatic heterocycles. The number of nitrogens with one attached hydrogen (secondary N) is 1. The van der Waals surface area contributed by atoms with Crippen LogP contribution in [0.25, 0.3) is 0 Å². The second-order valence-corrected chi connectivity index (χ2v) is 3.92. The first kappa shape index (κ1) is 12.0. The summed E-state index contributed by atoms with van der Waals surface area (Å²) in [7, 11) is 0. The van der Waals surface area contributed by atoms with Gasteiger partial charge in [0.05, 0.1) is 6.54 Å². The molecule has 82 valence electrons. The van der Waals surface area contributed by atoms with E-state index in [1.807, 2.05) is 31.2 Å². The molecule has 0 atom stereocenters. The maximum atomic E-state index is 10.9. The lowest BCUT2D eigenvalue weighted by Gasteiger charge is -2.06. The van der Waals surface area contributed by atoms with Gasteiger partial charge in [-0.05, 0) is 24.3 Å². The van der Waals surface area contributed by atoms with Crippen molar-refractivity contribution in [2.45, 2.75) is 13.3 Å². The topological polar surface area (TPSA) is 38.3 Å². The first-order valence-corrected chi connectivity index (χ1v) is 5.66. The van der Waals surface area contributed by atoms with Crippen LogP contribution in [0.4, 0.5) is 0 Å². The number of hydrogen-bond donors (Lipinski definition) is 1. The highest BCUT2D eigenvalue weighted by Gasteiger charge is 1.96. The largest absolute Gasteiger partial charge is 0.492 e. The fraction of sp³-hybridized carbons (Fsp3) is 0.364. The molecule has 1 N–H and O–H groups in total. The monoisotopic (exact) mass is 271 g/mol. The van der Waals surface area contributed by atoms with Crippen LogP contribution in [0.15, 0.2) is 28.7 Å². The molecule has 15 heavy (non-hydrogen) atoms. The second kappa shape index (κ2) is 6.45. The van der Waals surface area contributed by atoms with Gasteiger partial charge in [0.1, 0.15) is 12.4 Å². The van der Waals surface area contributed by atoms with E-state index in [1.54, 1.807) is 0 Å². The molecule has 0 radical (unpaired) electrons. The van der Waals surface area contributed by atoms with Crippen molar-refractivity contribution in [1.82, 2.24) is 5.32 Å². The van der Waals surface area contributed by atoms with Crippen LogP contribution < -0.4 is 10.1 Å². The van der Waals surface area contributed by atoms with Crippen LogP contribution in [0.5, 0.6) is 5.75 Å². The first-order valence-electron chi connectivity index (χ1n) is 4.87. The Kier molecular flexibility index (Phi) is 5.18. The van der Waals surface area contributed by atoms with Crippen LogP contribution in [0.3, 0.4) is 0 Å². The van der Waals surface area contributed by atoms with E-state index in [-0.39, 0.29) is 5.91 Å². The van der Waals surface area contributed by atoms with E-state index in [4.69, 9.17) is 4.74 Å². The third-order valence-corrected chi connectivity index (χ3v) is 2.36. The minimum atomic E-state index is 0.0504. The Balaban J connectivity index is 2.20. The van der Waals surface area contributed by atoms with Crippen molar-refractivity contribution in [3.8, 4) is 5.75 Å². The number of hydrogen-bond acceptors (Lipinski definition) is 2. The number of benzene rings is 1. The van der Waals surface area contributed by atoms with Gasteiger partial charge in [-0.15, -0.1) is 0 Å². The second-order valence-electron chi connectivity index (χ2n) is 3.01. The quantitative estimate of drug-likeness (QED) is 0.835. The lowest BCUT2D eigenvalue weighted by molar-refractivity contribution is -0.120. The minimum absolute atomic E-state index is 0.0504. The van der Waals surface area contributed by atoms with Crippen LogP contribution in [0.1, 0.15) is 13.3 Å². The van der Waals surface area contributed by atoms with E-state index < -0.39 is 0 Å². The van der Waals surface area contributed by atoms with Crippen LogP contribution in [-0.2, 0) is 4.79 Å². The third kappa shape index (κ3) is 4.83. The lowest BCUT2D eigenvalue weighted by atomic mass is 10.3. The van der Waals surface area contributed by atoms with Crippen molar-refractivity contribution in [2.24, 2.45) is 0 Å². The SMILES string of the molecule is CCC(=O)NCCOc1ccc(Br)cc1. The number of ether oxygens (including phenoxy) is 1. The van der Waals surface area contributed by atoms with Crippen molar-refractivity contribution in [1.29, 1.82) is 0 Å². The molecular formula is C11H14BrNO2. The summed E-state index contributed by atoms with van der Waals surface area (Å²) in [5.41, 5.74) is 0. The molecule has 3 nitrogen and oxygen atoms in total. The first-order chi connectivity index (χ1) is 7.22. The molecule has 0 saturated heterocycles. The van der Waals surface area contributed by atoms with Gasteiger partial charge in [-0.3, -0.25) is 4.79 Å². The molecule has 0 spiro atoms. The van der Waals surface area contributed by atoms with Crippen molar-refractivity contribution in [3.05, 3.63) is 28.7 Å². The predicted molar refractivity (Wildman–Crippen MR) is 62.9 cm³/mol. The van der Waals surface area contributed by atoms with Gasteiger partial charge in [0.2, 0.25) is 5.91 Å². The van der Waals surface area contributed by atoms with Crippen molar-refractivity contribution >= 4 is 21.8 Å². The molecule has 0 unspecified atom stereocenters. The molecule has 0 aliphatic heterocycles. The van der Waals surface area contributed by atoms with E-state index in [1.165, 1.54) is 0 Å². The van der Waals surface area contributed by atoms with Crippen molar-refractivity contribution in [3.63, 3.8) is 0 Å². The van der Waals surface area contributed by atoms with Crippen molar-refractivity contribution in [2.75, 3.05) is 13.2 Å². The smallest absolute Gasteiger partial charge is 0.219 e. The predicted octanol–water partition coefficient (Wildman–Crippen LogP) is 2.35. The molecule has 1 rings (SSSR count). The Bertz CT molecular complexity index is 311. The van der Waals surface area contributed by atoms with Crippen LogP contribution in [0.2, 0.25) is 0 Å². The molecular weight excluding hydrogens is 258 g/mol. The molecule has 0 aliphatic rings. The number of carbonyl (C=O) groups excluding carboxylic acids is 1. The molecule has 1 aromatic rings. The highest BCUT2D eigenvalue weighted by atomic mass is 79.9. The van der Waals surface area contributed by atoms with Crippen LogP contribution in [0, 0.1) is 0 Å². The van der Waals surface area contributed by atoms with Gasteiger partial charge >= 0.3 is 0 Å². The molecule has 0 bridgehead atoms. The number of rotatable bonds is 5. The number of amides is 1. The Morgan fingerprint density at radius 2 is 2.07 bits per heavy atom. The van der Waals surface area contributed by atoms with E-state index in [0.29, 0.717) is 19.6 Å². The van der Waals surface area contributed by atoms with Gasteiger partial charge in [0, 0.05) is 10.9 Å². The number of carbonyl (C=O) groups is 1. The van der Waals surface area contributed by atoms with Gasteiger partial charge in [-0.1, -0.05) is 22.9 Å². The maximum Gasteiger partial charge on any atom is 0.219 e. The Labute approximate surface area is 97.9 Å². The minimum Gasteiger partial charge on any atom is -0.492 e. The standard InChI is InChI=1S/C11H14BrNO2/c1-2-11(14)13-7-8-15-10-5-3-9(12)4-6-10/h3-6H,2,7-8H2,1H3,(H,13,14). The zero-order valence-electron chi connectivity index (χ0n) is 8.63. The van der Waals surface area contributed by atoms with E-state index in [0.717, 1.165) is 10.2 Å². The summed E-state index contributed by atoms with van der Waals surface area (Å²) in [6.07, 6.45) is 0.512. The van der Waals surface area contributed by atoms with Gasteiger partial charge in [-0.2, -0.15) is 0 Å². The summed E-state index contributed by atoms with van der Waals surface area (Å²) in [6, 6.07) is 7.59. The van der Waals surface area contributed by atoms with Crippen LogP contribution >= 0.6 is 15.9 Å². The number of halogens is 1. The van der Waals surface area contributed by atoms with Gasteiger partial charge in [0.15, 0.2) is 0 Å². The van der Waals surface area contributed by atoms with Gasteiger partial charge < -0.3 is 10.1 Å². The third-order valence-electron chi connectivity index (χ3n) is 1.83. The van der Waals surface area contributed by atoms with Crippen LogP contribution in [-0.4, -0.2) is 19.1 Å². The molecule has 0 fully saturated rings. The highest BCUT2D eigenvalue weighted by Crippen LogP contribution is 2.15. The summed E-state index contributed by atoms with van der Waals surface area (Å²) in [6.45, 7) is 2.86. The summed E-state index contributed by atoms with van der Waals surface area (Å²) in [5, 5.41) is 2.74. The van der Waals surface area contributed by atoms with Gasteiger partial charge in [0.25, 0.3) is 0 Å². The average Bonchev–Trinajstić information content (AvgIpc) is 2.26. The molecule has 0 aliphatic carbocycles. The molecule has 4 heteroatoms. The molecule has 0 heterocycles. The van der Waals surface area contributed by atoms with Crippen molar-refractivity contribution < 1.29 is 9.53 Å². The Morgan fingerprint density at radius 1 is 1.40 bits per heavy atom. The fourth-order valence-electron chi connectivity index (χ4n) is 1.02. The maximum absolute atomic E-state index is 10.9. The molecule has 1 aromatic carbocycles. The summed E-state index contributed by atoms with van der Waals surface area (Å²) in [5.74, 6) is 0.860. The molecule has 1 amide bonds. The van der Waals surface area contributed by atoms with E-state index >= 15 is 0 Å². The highest BCUT2D eigenvalue weighted by molar-refractivity contribution is 9.10. The lowest BCUT2D eigenvalue weighted by Crippen LogP contribution is -2.27. The average molecular weight is 272 g/mol. The zero-order chi connectivity index (χ0) is 11.1. The summed E-state index contributed by atoms with van der Waals surface area (Å²) >= 11 is 3.34. The Hall–Kier alpha value is -1.03. The van der Waals surface area contributed by atoms with E-state index in [2.05, 4.69) is 21.2 Å². The molecule has 0 saturated carbocycles. The summed E-state index contributed by atoms with van der Waals surface area (Å²) < 4.78 is 6.44. The zero-order valence-corrected chi connectivity index (χ0v) is 10.2.